The lowest BCUT2D eigenvalue weighted by molar-refractivity contribution is -0.384. The first-order valence-corrected chi connectivity index (χ1v) is 6.95. The van der Waals surface area contributed by atoms with Crippen LogP contribution in [0.3, 0.4) is 0 Å². The zero-order chi connectivity index (χ0) is 17.2. The molecule has 0 aliphatic rings. The summed E-state index contributed by atoms with van der Waals surface area (Å²) in [5.74, 6) is -0.542. The maximum Gasteiger partial charge on any atom is 0.289 e. The molecule has 122 valence electrons. The predicted octanol–water partition coefficient (Wildman–Crippen LogP) is 2.22. The first kappa shape index (κ1) is 18.4. The van der Waals surface area contributed by atoms with Gasteiger partial charge in [0.25, 0.3) is 11.6 Å². The summed E-state index contributed by atoms with van der Waals surface area (Å²) in [7, 11) is 1.55. The summed E-state index contributed by atoms with van der Waals surface area (Å²) in [6, 6.07) is 5.82. The number of hydrogen-bond acceptors (Lipinski definition) is 6. The molecule has 0 bridgehead atoms. The number of nitrogens with zero attached hydrogens (tertiary/aromatic N) is 2. The average molecular weight is 339 g/mol. The molecule has 0 fully saturated rings. The molecule has 0 aliphatic carbocycles. The maximum absolute atomic E-state index is 11.8. The molecule has 0 unspecified atom stereocenters. The Morgan fingerprint density at radius 1 is 1.57 bits per heavy atom. The van der Waals surface area contributed by atoms with E-state index in [0.717, 1.165) is 0 Å². The number of carbonyl (C=O) groups excluding carboxylic acids is 1. The fourth-order valence-corrected chi connectivity index (χ4v) is 1.75. The van der Waals surface area contributed by atoms with E-state index >= 15 is 0 Å². The Labute approximate surface area is 137 Å². The lowest BCUT2D eigenvalue weighted by atomic mass is 10.2. The molecule has 0 heterocycles. The van der Waals surface area contributed by atoms with Crippen molar-refractivity contribution in [2.45, 2.75) is 6.42 Å². The number of benzene rings is 1. The minimum Gasteiger partial charge on any atom is -0.385 e. The first-order chi connectivity index (χ1) is 11.0. The van der Waals surface area contributed by atoms with Gasteiger partial charge in [-0.2, -0.15) is 5.26 Å². The summed E-state index contributed by atoms with van der Waals surface area (Å²) >= 11 is 5.70. The highest BCUT2D eigenvalue weighted by atomic mass is 35.5. The van der Waals surface area contributed by atoms with E-state index in [4.69, 9.17) is 21.6 Å². The maximum atomic E-state index is 11.8. The number of halogens is 1. The van der Waals surface area contributed by atoms with Crippen molar-refractivity contribution in [1.29, 1.82) is 5.26 Å². The van der Waals surface area contributed by atoms with Gasteiger partial charge in [0, 0.05) is 38.2 Å². The molecule has 0 saturated heterocycles. The average Bonchev–Trinajstić information content (AvgIpc) is 2.53. The molecule has 2 N–H and O–H groups in total. The van der Waals surface area contributed by atoms with E-state index in [1.54, 1.807) is 13.2 Å². The molecule has 1 aromatic rings. The highest BCUT2D eigenvalue weighted by Crippen LogP contribution is 2.27. The second kappa shape index (κ2) is 9.40. The zero-order valence-corrected chi connectivity index (χ0v) is 13.1. The van der Waals surface area contributed by atoms with Gasteiger partial charge in [0.15, 0.2) is 0 Å². The summed E-state index contributed by atoms with van der Waals surface area (Å²) < 4.78 is 4.85. The number of carbonyl (C=O) groups is 1. The normalized spacial score (nSPS) is 10.7. The van der Waals surface area contributed by atoms with Crippen molar-refractivity contribution in [2.24, 2.45) is 0 Å². The Balaban J connectivity index is 2.73. The molecule has 0 aromatic heterocycles. The van der Waals surface area contributed by atoms with Crippen LogP contribution in [0.2, 0.25) is 5.02 Å². The van der Waals surface area contributed by atoms with Crippen LogP contribution in [0.25, 0.3) is 0 Å². The lowest BCUT2D eigenvalue weighted by Gasteiger charge is -2.05. The van der Waals surface area contributed by atoms with Gasteiger partial charge < -0.3 is 15.4 Å². The topological polar surface area (TPSA) is 117 Å². The summed E-state index contributed by atoms with van der Waals surface area (Å²) in [4.78, 5) is 22.0. The minimum atomic E-state index is -0.620. The van der Waals surface area contributed by atoms with Gasteiger partial charge >= 0.3 is 0 Å². The van der Waals surface area contributed by atoms with Crippen molar-refractivity contribution in [2.75, 3.05) is 25.6 Å². The van der Waals surface area contributed by atoms with Crippen LogP contribution in [-0.2, 0) is 9.53 Å². The van der Waals surface area contributed by atoms with Crippen molar-refractivity contribution >= 4 is 28.9 Å². The van der Waals surface area contributed by atoms with Crippen LogP contribution >= 0.6 is 11.6 Å². The fourth-order valence-electron chi connectivity index (χ4n) is 1.56. The molecule has 23 heavy (non-hydrogen) atoms. The third kappa shape index (κ3) is 5.94. The van der Waals surface area contributed by atoms with Crippen LogP contribution < -0.4 is 10.6 Å². The van der Waals surface area contributed by atoms with Gasteiger partial charge in [0.1, 0.15) is 16.7 Å². The highest BCUT2D eigenvalue weighted by molar-refractivity contribution is 6.32. The number of anilines is 1. The van der Waals surface area contributed by atoms with E-state index in [2.05, 4.69) is 10.6 Å². The molecule has 0 radical (unpaired) electrons. The smallest absolute Gasteiger partial charge is 0.289 e. The number of nitriles is 1. The van der Waals surface area contributed by atoms with Gasteiger partial charge in [0.2, 0.25) is 0 Å². The number of amides is 1. The number of nitro groups is 1. The Morgan fingerprint density at radius 2 is 2.30 bits per heavy atom. The minimum absolute atomic E-state index is 0.000854. The Hall–Kier alpha value is -2.63. The molecule has 9 heteroatoms. The van der Waals surface area contributed by atoms with E-state index in [9.17, 15) is 14.9 Å². The van der Waals surface area contributed by atoms with E-state index in [1.165, 1.54) is 24.4 Å². The Morgan fingerprint density at radius 3 is 2.91 bits per heavy atom. The molecule has 1 aromatic carbocycles. The molecule has 0 atom stereocenters. The Kier molecular flexibility index (Phi) is 7.53. The van der Waals surface area contributed by atoms with E-state index in [-0.39, 0.29) is 16.3 Å². The standard InChI is InChI=1S/C14H15ClN4O4/c1-23-6-2-5-17-14(20)10(8-16)9-18-11-3-4-12(15)13(7-11)19(21)22/h3-4,7,9,18H,2,5-6H2,1H3,(H,17,20)/b10-9-. The molecule has 0 saturated carbocycles. The molecular weight excluding hydrogens is 324 g/mol. The van der Waals surface area contributed by atoms with Crippen LogP contribution in [-0.4, -0.2) is 31.1 Å². The van der Waals surface area contributed by atoms with Crippen LogP contribution in [0.15, 0.2) is 30.0 Å². The largest absolute Gasteiger partial charge is 0.385 e. The summed E-state index contributed by atoms with van der Waals surface area (Å²) in [6.07, 6.45) is 1.80. The third-order valence-electron chi connectivity index (χ3n) is 2.70. The second-order valence-corrected chi connectivity index (χ2v) is 4.75. The molecule has 8 nitrogen and oxygen atoms in total. The second-order valence-electron chi connectivity index (χ2n) is 4.34. The van der Waals surface area contributed by atoms with E-state index in [0.29, 0.717) is 25.3 Å². The van der Waals surface area contributed by atoms with Crippen LogP contribution in [0.5, 0.6) is 0 Å². The van der Waals surface area contributed by atoms with Crippen molar-refractivity contribution in [3.8, 4) is 6.07 Å². The number of ether oxygens (including phenoxy) is 1. The van der Waals surface area contributed by atoms with Crippen molar-refractivity contribution in [3.63, 3.8) is 0 Å². The van der Waals surface area contributed by atoms with Crippen molar-refractivity contribution in [1.82, 2.24) is 5.32 Å². The van der Waals surface area contributed by atoms with Gasteiger partial charge in [-0.3, -0.25) is 14.9 Å². The number of nitrogens with one attached hydrogen (secondary N) is 2. The summed E-state index contributed by atoms with van der Waals surface area (Å²) in [5, 5.41) is 25.0. The van der Waals surface area contributed by atoms with Gasteiger partial charge in [-0.05, 0) is 18.6 Å². The summed E-state index contributed by atoms with van der Waals surface area (Å²) in [5.41, 5.74) is -0.0892. The van der Waals surface area contributed by atoms with Gasteiger partial charge in [-0.1, -0.05) is 11.6 Å². The van der Waals surface area contributed by atoms with Crippen LogP contribution in [0, 0.1) is 21.4 Å². The monoisotopic (exact) mass is 338 g/mol. The zero-order valence-electron chi connectivity index (χ0n) is 12.3. The van der Waals surface area contributed by atoms with E-state index < -0.39 is 10.8 Å². The van der Waals surface area contributed by atoms with Crippen LogP contribution in [0.4, 0.5) is 11.4 Å². The quantitative estimate of drug-likeness (QED) is 0.247. The Bertz CT molecular complexity index is 655. The predicted molar refractivity (Wildman–Crippen MR) is 84.9 cm³/mol. The number of nitro benzene ring substituents is 1. The van der Waals surface area contributed by atoms with Crippen molar-refractivity contribution < 1.29 is 14.5 Å². The SMILES string of the molecule is COCCCNC(=O)/C(C#N)=C\Nc1ccc(Cl)c([N+](=O)[O-])c1. The number of methoxy groups -OCH3 is 1. The molecule has 1 amide bonds. The molecular formula is C14H15ClN4O4. The van der Waals surface area contributed by atoms with Crippen LogP contribution in [0.1, 0.15) is 6.42 Å². The first-order valence-electron chi connectivity index (χ1n) is 6.57. The highest BCUT2D eigenvalue weighted by Gasteiger charge is 2.13. The number of hydrogen-bond donors (Lipinski definition) is 2. The molecule has 1 rings (SSSR count). The fraction of sp³-hybridized carbons (Fsp3) is 0.286. The molecule has 0 aliphatic heterocycles. The lowest BCUT2D eigenvalue weighted by Crippen LogP contribution is -2.26. The molecule has 0 spiro atoms. The van der Waals surface area contributed by atoms with Gasteiger partial charge in [0.05, 0.1) is 4.92 Å². The third-order valence-corrected chi connectivity index (χ3v) is 3.02. The summed E-state index contributed by atoms with van der Waals surface area (Å²) in [6.45, 7) is 0.872. The van der Waals surface area contributed by atoms with Gasteiger partial charge in [-0.25, -0.2) is 0 Å². The van der Waals surface area contributed by atoms with E-state index in [1.807, 2.05) is 0 Å². The van der Waals surface area contributed by atoms with Crippen molar-refractivity contribution in [3.05, 3.63) is 45.1 Å². The van der Waals surface area contributed by atoms with Gasteiger partial charge in [-0.15, -0.1) is 0 Å². The number of rotatable bonds is 8.